The molecule has 0 spiro atoms. The fraction of sp³-hybridized carbons (Fsp3) is 0.548. The van der Waals surface area contributed by atoms with Crippen LogP contribution in [0.3, 0.4) is 0 Å². The average molecular weight is 488 g/mol. The van der Waals surface area contributed by atoms with Crippen molar-refractivity contribution in [1.82, 2.24) is 15.3 Å². The molecule has 1 aliphatic carbocycles. The quantitative estimate of drug-likeness (QED) is 0.364. The Morgan fingerprint density at radius 3 is 2.31 bits per heavy atom. The molecule has 1 saturated carbocycles. The number of fused-ring (bicyclic) bond motifs is 1. The predicted molar refractivity (Wildman–Crippen MR) is 154 cm³/mol. The fourth-order valence-corrected chi connectivity index (χ4v) is 5.31. The van der Waals surface area contributed by atoms with E-state index in [9.17, 15) is 0 Å². The summed E-state index contributed by atoms with van der Waals surface area (Å²) < 4.78 is 0. The lowest BCUT2D eigenvalue weighted by molar-refractivity contribution is 0.318. The van der Waals surface area contributed by atoms with Gasteiger partial charge >= 0.3 is 0 Å². The van der Waals surface area contributed by atoms with Crippen molar-refractivity contribution in [3.8, 4) is 0 Å². The van der Waals surface area contributed by atoms with E-state index in [2.05, 4.69) is 79.6 Å². The monoisotopic (exact) mass is 487 g/mol. The Bertz CT molecular complexity index is 1110. The summed E-state index contributed by atoms with van der Waals surface area (Å²) >= 11 is 0. The Balaban J connectivity index is 1.20. The molecule has 0 bridgehead atoms. The Labute approximate surface area is 218 Å². The minimum atomic E-state index is 0.220. The highest BCUT2D eigenvalue weighted by molar-refractivity contribution is 5.90. The zero-order chi connectivity index (χ0) is 25.7. The smallest absolute Gasteiger partial charge is 0.225 e. The molecule has 4 rings (SSSR count). The van der Waals surface area contributed by atoms with E-state index in [1.165, 1.54) is 36.8 Å². The first kappa shape index (κ1) is 26.4. The van der Waals surface area contributed by atoms with Crippen molar-refractivity contribution >= 4 is 22.7 Å². The lowest BCUT2D eigenvalue weighted by atomic mass is 9.85. The van der Waals surface area contributed by atoms with Crippen LogP contribution in [0.25, 0.3) is 10.9 Å². The molecular weight excluding hydrogens is 442 g/mol. The van der Waals surface area contributed by atoms with Crippen molar-refractivity contribution in [2.24, 2.45) is 11.8 Å². The van der Waals surface area contributed by atoms with Gasteiger partial charge in [-0.05, 0) is 85.7 Å². The third-order valence-electron chi connectivity index (χ3n) is 7.52. The molecule has 2 aromatic carbocycles. The van der Waals surface area contributed by atoms with Gasteiger partial charge in [-0.15, -0.1) is 0 Å². The summed E-state index contributed by atoms with van der Waals surface area (Å²) in [6, 6.07) is 17.9. The molecule has 194 valence electrons. The van der Waals surface area contributed by atoms with Crippen LogP contribution in [0.15, 0.2) is 48.5 Å². The molecule has 0 saturated heterocycles. The molecule has 1 aliphatic rings. The summed E-state index contributed by atoms with van der Waals surface area (Å²) in [5.41, 5.74) is 4.07. The minimum absolute atomic E-state index is 0.220. The number of hydrogen-bond acceptors (Lipinski definition) is 5. The van der Waals surface area contributed by atoms with E-state index in [0.29, 0.717) is 12.0 Å². The second-order valence-electron chi connectivity index (χ2n) is 12.1. The van der Waals surface area contributed by atoms with Gasteiger partial charge in [0.05, 0.1) is 5.52 Å². The van der Waals surface area contributed by atoms with Gasteiger partial charge in [0, 0.05) is 25.5 Å². The number of nitrogens with one attached hydrogen (secondary N) is 2. The van der Waals surface area contributed by atoms with Crippen molar-refractivity contribution in [1.29, 1.82) is 0 Å². The van der Waals surface area contributed by atoms with E-state index in [1.54, 1.807) is 0 Å². The molecule has 3 aromatic rings. The number of benzene rings is 2. The summed E-state index contributed by atoms with van der Waals surface area (Å²) in [6.07, 6.45) is 5.99. The lowest BCUT2D eigenvalue weighted by Gasteiger charge is -2.30. The van der Waals surface area contributed by atoms with Gasteiger partial charge in [-0.1, -0.05) is 64.1 Å². The van der Waals surface area contributed by atoms with Crippen molar-refractivity contribution in [2.45, 2.75) is 71.3 Å². The number of aromatic nitrogens is 2. The predicted octanol–water partition coefficient (Wildman–Crippen LogP) is 6.43. The van der Waals surface area contributed by atoms with Gasteiger partial charge in [0.25, 0.3) is 0 Å². The van der Waals surface area contributed by atoms with Gasteiger partial charge in [-0.25, -0.2) is 4.98 Å². The first-order valence-electron chi connectivity index (χ1n) is 13.7. The SMILES string of the molecule is CC(CNC[C@H]1CC[C@@H](Nc2nc(N(C)C)c3ccccc3n2)CC1)Cc1ccc(C(C)(C)C)cc1. The second-order valence-corrected chi connectivity index (χ2v) is 12.1. The van der Waals surface area contributed by atoms with E-state index in [0.717, 1.165) is 48.1 Å². The number of rotatable bonds is 9. The zero-order valence-electron chi connectivity index (χ0n) is 23.1. The van der Waals surface area contributed by atoms with Gasteiger partial charge in [0.2, 0.25) is 5.95 Å². The van der Waals surface area contributed by atoms with Crippen LogP contribution in [0.2, 0.25) is 0 Å². The van der Waals surface area contributed by atoms with Crippen molar-refractivity contribution < 1.29 is 0 Å². The first-order valence-corrected chi connectivity index (χ1v) is 13.7. The Morgan fingerprint density at radius 1 is 0.944 bits per heavy atom. The van der Waals surface area contributed by atoms with Crippen LogP contribution in [-0.4, -0.2) is 43.2 Å². The summed E-state index contributed by atoms with van der Waals surface area (Å²) in [5.74, 6) is 3.12. The van der Waals surface area contributed by atoms with Crippen LogP contribution in [0.1, 0.15) is 64.5 Å². The molecule has 1 heterocycles. The molecule has 0 amide bonds. The topological polar surface area (TPSA) is 53.1 Å². The summed E-state index contributed by atoms with van der Waals surface area (Å²) in [6.45, 7) is 11.4. The number of anilines is 2. The Morgan fingerprint density at radius 2 is 1.64 bits per heavy atom. The zero-order valence-corrected chi connectivity index (χ0v) is 23.1. The van der Waals surface area contributed by atoms with Crippen LogP contribution < -0.4 is 15.5 Å². The molecule has 0 radical (unpaired) electrons. The molecular formula is C31H45N5. The van der Waals surface area contributed by atoms with Gasteiger partial charge in [-0.3, -0.25) is 0 Å². The van der Waals surface area contributed by atoms with Crippen molar-refractivity contribution in [3.05, 3.63) is 59.7 Å². The normalized spacial score (nSPS) is 19.3. The number of para-hydroxylation sites is 1. The molecule has 36 heavy (non-hydrogen) atoms. The van der Waals surface area contributed by atoms with Gasteiger partial charge < -0.3 is 15.5 Å². The summed E-state index contributed by atoms with van der Waals surface area (Å²) in [4.78, 5) is 11.7. The third kappa shape index (κ3) is 6.97. The van der Waals surface area contributed by atoms with Crippen LogP contribution in [0.5, 0.6) is 0 Å². The van der Waals surface area contributed by atoms with Gasteiger partial charge in [-0.2, -0.15) is 4.98 Å². The number of hydrogen-bond donors (Lipinski definition) is 2. The Hall–Kier alpha value is -2.66. The first-order chi connectivity index (χ1) is 17.2. The minimum Gasteiger partial charge on any atom is -0.362 e. The summed E-state index contributed by atoms with van der Waals surface area (Å²) in [5, 5.41) is 8.50. The lowest BCUT2D eigenvalue weighted by Crippen LogP contribution is -2.33. The highest BCUT2D eigenvalue weighted by atomic mass is 15.2. The molecule has 1 atom stereocenters. The Kier molecular flexibility index (Phi) is 8.50. The molecule has 5 heteroatoms. The molecule has 1 aromatic heterocycles. The maximum Gasteiger partial charge on any atom is 0.225 e. The van der Waals surface area contributed by atoms with Crippen LogP contribution in [0.4, 0.5) is 11.8 Å². The fourth-order valence-electron chi connectivity index (χ4n) is 5.31. The maximum absolute atomic E-state index is 4.82. The van der Waals surface area contributed by atoms with E-state index < -0.39 is 0 Å². The molecule has 0 aliphatic heterocycles. The average Bonchev–Trinajstić information content (AvgIpc) is 2.84. The highest BCUT2D eigenvalue weighted by Gasteiger charge is 2.22. The van der Waals surface area contributed by atoms with Gasteiger partial charge in [0.1, 0.15) is 5.82 Å². The standard InChI is InChI=1S/C31H45N5/c1-22(19-23-11-15-25(16-12-23)31(2,3)4)20-32-21-24-13-17-26(18-14-24)33-30-34-28-10-8-7-9-27(28)29(35-30)36(5)6/h7-12,15-16,22,24,26,32H,13-14,17-21H2,1-6H3,(H,33,34,35)/t22?,24-,26+. The van der Waals surface area contributed by atoms with Crippen LogP contribution in [-0.2, 0) is 11.8 Å². The molecule has 1 fully saturated rings. The van der Waals surface area contributed by atoms with Crippen LogP contribution in [0, 0.1) is 11.8 Å². The van der Waals surface area contributed by atoms with E-state index in [1.807, 2.05) is 26.2 Å². The number of nitrogens with zero attached hydrogens (tertiary/aromatic N) is 3. The third-order valence-corrected chi connectivity index (χ3v) is 7.52. The van der Waals surface area contributed by atoms with Crippen molar-refractivity contribution in [2.75, 3.05) is 37.4 Å². The molecule has 2 N–H and O–H groups in total. The van der Waals surface area contributed by atoms with E-state index >= 15 is 0 Å². The maximum atomic E-state index is 4.82. The highest BCUT2D eigenvalue weighted by Crippen LogP contribution is 2.28. The van der Waals surface area contributed by atoms with E-state index in [-0.39, 0.29) is 5.41 Å². The van der Waals surface area contributed by atoms with E-state index in [4.69, 9.17) is 9.97 Å². The second kappa shape index (κ2) is 11.6. The largest absolute Gasteiger partial charge is 0.362 e. The van der Waals surface area contributed by atoms with Gasteiger partial charge in [0.15, 0.2) is 0 Å². The van der Waals surface area contributed by atoms with Crippen molar-refractivity contribution in [3.63, 3.8) is 0 Å². The van der Waals surface area contributed by atoms with Crippen LogP contribution >= 0.6 is 0 Å². The summed E-state index contributed by atoms with van der Waals surface area (Å²) in [7, 11) is 4.08. The molecule has 5 nitrogen and oxygen atoms in total. The molecule has 1 unspecified atom stereocenters.